The summed E-state index contributed by atoms with van der Waals surface area (Å²) in [5.41, 5.74) is 1.01. The predicted molar refractivity (Wildman–Crippen MR) is 223 cm³/mol. The van der Waals surface area contributed by atoms with Crippen LogP contribution in [0.5, 0.6) is 0 Å². The van der Waals surface area contributed by atoms with Gasteiger partial charge in [0.05, 0.1) is 23.6 Å². The summed E-state index contributed by atoms with van der Waals surface area (Å²) >= 11 is 0. The molecule has 1 N–H and O–H groups in total. The van der Waals surface area contributed by atoms with Crippen LogP contribution in [-0.4, -0.2) is 40.3 Å². The topological polar surface area (TPSA) is 112 Å². The Morgan fingerprint density at radius 2 is 1.60 bits per heavy atom. The van der Waals surface area contributed by atoms with Crippen molar-refractivity contribution in [3.63, 3.8) is 0 Å². The molecule has 4 fully saturated rings. The zero-order chi connectivity index (χ0) is 42.1. The third kappa shape index (κ3) is 7.47. The highest BCUT2D eigenvalue weighted by molar-refractivity contribution is 6.01. The smallest absolute Gasteiger partial charge is 0.312 e. The van der Waals surface area contributed by atoms with Gasteiger partial charge in [0.25, 0.3) is 0 Å². The second-order valence-corrected chi connectivity index (χ2v) is 22.1. The van der Waals surface area contributed by atoms with Crippen molar-refractivity contribution in [1.29, 1.82) is 0 Å². The van der Waals surface area contributed by atoms with E-state index in [1.807, 2.05) is 45.9 Å². The Kier molecular flexibility index (Phi) is 11.2. The van der Waals surface area contributed by atoms with Crippen molar-refractivity contribution in [2.24, 2.45) is 56.2 Å². The molecule has 9 atom stereocenters. The summed E-state index contributed by atoms with van der Waals surface area (Å²) in [5, 5.41) is 3.10. The van der Waals surface area contributed by atoms with Gasteiger partial charge in [-0.05, 0) is 162 Å². The standard InChI is InChI=1S/C49H72N2O6/c1-30(2)40-34(52)28-49(24-21-38(53)51-31(3)33-16-14-15-27-50-33)26-25-47(12)32(41(40)49)17-18-36-46(11)22-20-37(45(9,10)35(46)19-23-48(36,47)13)56-39(54)29-44(7,8)42(55)57-43(4,5)6/h14-16,21,24,27,30-32,35-37H,17-20,22-23,25-26,28-29H2,1-13H3,(H,51,53)/t31-,32+,35-,36+,37-,46-,47+,48+,49-/m0/s1. The molecule has 8 heteroatoms. The molecule has 0 unspecified atom stereocenters. The van der Waals surface area contributed by atoms with E-state index in [2.05, 4.69) is 64.8 Å². The zero-order valence-electron chi connectivity index (χ0n) is 37.4. The van der Waals surface area contributed by atoms with Gasteiger partial charge in [-0.15, -0.1) is 0 Å². The summed E-state index contributed by atoms with van der Waals surface area (Å²) < 4.78 is 12.0. The van der Waals surface area contributed by atoms with Crippen molar-refractivity contribution in [3.05, 3.63) is 53.4 Å². The molecule has 57 heavy (non-hydrogen) atoms. The molecule has 0 spiro atoms. The van der Waals surface area contributed by atoms with E-state index < -0.39 is 16.4 Å². The molecule has 5 aliphatic carbocycles. The molecule has 5 aliphatic rings. The molecule has 314 valence electrons. The number of allylic oxidation sites excluding steroid dienone is 3. The Morgan fingerprint density at radius 3 is 2.23 bits per heavy atom. The van der Waals surface area contributed by atoms with Crippen molar-refractivity contribution in [2.45, 2.75) is 172 Å². The number of ketones is 1. The van der Waals surface area contributed by atoms with Crippen LogP contribution in [0.2, 0.25) is 0 Å². The van der Waals surface area contributed by atoms with Crippen LogP contribution in [0.15, 0.2) is 47.7 Å². The minimum absolute atomic E-state index is 0.00220. The van der Waals surface area contributed by atoms with E-state index in [9.17, 15) is 19.2 Å². The molecule has 0 aliphatic heterocycles. The molecule has 1 heterocycles. The number of carbonyl (C=O) groups excluding carboxylic acids is 4. The first-order chi connectivity index (χ1) is 26.3. The molecule has 1 aromatic rings. The van der Waals surface area contributed by atoms with Crippen LogP contribution in [0.1, 0.15) is 166 Å². The molecule has 1 aromatic heterocycles. The number of ether oxygens (including phenoxy) is 2. The van der Waals surface area contributed by atoms with Crippen molar-refractivity contribution in [3.8, 4) is 0 Å². The molecular weight excluding hydrogens is 713 g/mol. The number of carbonyl (C=O) groups is 4. The molecule has 0 bridgehead atoms. The van der Waals surface area contributed by atoms with Gasteiger partial charge in [-0.3, -0.25) is 24.2 Å². The molecule has 4 saturated carbocycles. The maximum absolute atomic E-state index is 14.1. The number of amides is 1. The van der Waals surface area contributed by atoms with Crippen LogP contribution in [0.25, 0.3) is 0 Å². The zero-order valence-corrected chi connectivity index (χ0v) is 37.4. The normalized spacial score (nSPS) is 35.5. The Hall–Kier alpha value is -3.29. The number of fused-ring (bicyclic) bond motifs is 7. The van der Waals surface area contributed by atoms with E-state index in [0.717, 1.165) is 62.6 Å². The van der Waals surface area contributed by atoms with Crippen LogP contribution in [-0.2, 0) is 28.7 Å². The highest BCUT2D eigenvalue weighted by atomic mass is 16.6. The molecule has 8 nitrogen and oxygen atoms in total. The Bertz CT molecular complexity index is 1820. The van der Waals surface area contributed by atoms with E-state index in [1.165, 1.54) is 5.57 Å². The van der Waals surface area contributed by atoms with Crippen LogP contribution in [0, 0.1) is 56.2 Å². The molecule has 1 amide bonds. The number of Topliss-reactive ketones (excluding diaryl/α,β-unsaturated/α-hetero) is 1. The summed E-state index contributed by atoms with van der Waals surface area (Å²) in [4.78, 5) is 58.4. The second kappa shape index (κ2) is 14.8. The van der Waals surface area contributed by atoms with Gasteiger partial charge in [-0.1, -0.05) is 60.6 Å². The molecular formula is C49H72N2O6. The quantitative estimate of drug-likeness (QED) is 0.196. The summed E-state index contributed by atoms with van der Waals surface area (Å²) in [5.74, 6) is 0.650. The predicted octanol–water partition coefficient (Wildman–Crippen LogP) is 10.5. The first-order valence-corrected chi connectivity index (χ1v) is 21.9. The fourth-order valence-corrected chi connectivity index (χ4v) is 13.3. The number of nitrogens with one attached hydrogen (secondary N) is 1. The van der Waals surface area contributed by atoms with E-state index in [0.29, 0.717) is 18.3 Å². The summed E-state index contributed by atoms with van der Waals surface area (Å²) in [7, 11) is 0. The van der Waals surface area contributed by atoms with Crippen LogP contribution >= 0.6 is 0 Å². The Labute approximate surface area is 343 Å². The van der Waals surface area contributed by atoms with Gasteiger partial charge in [0.2, 0.25) is 5.91 Å². The minimum atomic E-state index is -0.980. The number of pyridine rings is 1. The van der Waals surface area contributed by atoms with Crippen LogP contribution < -0.4 is 5.32 Å². The van der Waals surface area contributed by atoms with Crippen molar-refractivity contribution in [2.75, 3.05) is 0 Å². The van der Waals surface area contributed by atoms with Gasteiger partial charge in [0.15, 0.2) is 5.78 Å². The van der Waals surface area contributed by atoms with Crippen molar-refractivity contribution < 1.29 is 28.7 Å². The van der Waals surface area contributed by atoms with E-state index in [4.69, 9.17) is 9.47 Å². The summed E-state index contributed by atoms with van der Waals surface area (Å²) in [6.45, 7) is 27.6. The monoisotopic (exact) mass is 785 g/mol. The lowest BCUT2D eigenvalue weighted by molar-refractivity contribution is -0.232. The number of nitrogens with zero attached hydrogens (tertiary/aromatic N) is 1. The first-order valence-electron chi connectivity index (χ1n) is 21.9. The van der Waals surface area contributed by atoms with Crippen molar-refractivity contribution >= 4 is 23.6 Å². The van der Waals surface area contributed by atoms with Gasteiger partial charge in [0, 0.05) is 23.4 Å². The maximum Gasteiger partial charge on any atom is 0.312 e. The van der Waals surface area contributed by atoms with Crippen molar-refractivity contribution in [1.82, 2.24) is 10.3 Å². The minimum Gasteiger partial charge on any atom is -0.462 e. The Morgan fingerprint density at radius 1 is 0.895 bits per heavy atom. The fourth-order valence-electron chi connectivity index (χ4n) is 13.3. The lowest BCUT2D eigenvalue weighted by Crippen LogP contribution is -2.65. The molecule has 0 radical (unpaired) electrons. The summed E-state index contributed by atoms with van der Waals surface area (Å²) in [6.07, 6.45) is 13.7. The number of hydrogen-bond acceptors (Lipinski definition) is 7. The lowest BCUT2D eigenvalue weighted by atomic mass is 9.33. The lowest BCUT2D eigenvalue weighted by Gasteiger charge is -2.72. The third-order valence-electron chi connectivity index (χ3n) is 16.3. The van der Waals surface area contributed by atoms with Crippen LogP contribution in [0.4, 0.5) is 0 Å². The number of hydrogen-bond donors (Lipinski definition) is 1. The van der Waals surface area contributed by atoms with E-state index in [-0.39, 0.29) is 75.7 Å². The van der Waals surface area contributed by atoms with Crippen LogP contribution in [0.3, 0.4) is 0 Å². The second-order valence-electron chi connectivity index (χ2n) is 22.1. The maximum atomic E-state index is 14.1. The number of rotatable bonds is 9. The Balaban J connectivity index is 1.23. The fraction of sp³-hybridized carbons (Fsp3) is 0.735. The highest BCUT2D eigenvalue weighted by Crippen LogP contribution is 2.77. The van der Waals surface area contributed by atoms with E-state index >= 15 is 0 Å². The molecule has 0 aromatic carbocycles. The molecule has 0 saturated heterocycles. The first kappa shape index (κ1) is 43.3. The van der Waals surface area contributed by atoms with E-state index in [1.54, 1.807) is 26.1 Å². The average molecular weight is 785 g/mol. The average Bonchev–Trinajstić information content (AvgIpc) is 3.40. The number of aromatic nitrogens is 1. The summed E-state index contributed by atoms with van der Waals surface area (Å²) in [6, 6.07) is 5.50. The largest absolute Gasteiger partial charge is 0.462 e. The molecule has 6 rings (SSSR count). The van der Waals surface area contributed by atoms with Gasteiger partial charge >= 0.3 is 11.9 Å². The SMILES string of the molecule is CC(C)C1=C2[C@H]3CC[C@@H]4[C@@]5(C)CC[C@H](OC(=O)CC(C)(C)C(=O)OC(C)(C)C)C(C)(C)[C@@H]5CC[C@@]4(C)[C@]3(C)CC[C@@]2(C=CC(=O)N[C@@H](C)c2ccccn2)CC1=O. The van der Waals surface area contributed by atoms with Gasteiger partial charge < -0.3 is 14.8 Å². The number of esters is 2. The van der Waals surface area contributed by atoms with Gasteiger partial charge in [-0.2, -0.15) is 0 Å². The highest BCUT2D eigenvalue weighted by Gasteiger charge is 2.70. The van der Waals surface area contributed by atoms with Gasteiger partial charge in [0.1, 0.15) is 11.7 Å². The van der Waals surface area contributed by atoms with Gasteiger partial charge in [-0.25, -0.2) is 0 Å². The third-order valence-corrected chi connectivity index (χ3v) is 16.3.